The first-order valence-corrected chi connectivity index (χ1v) is 7.51. The van der Waals surface area contributed by atoms with Gasteiger partial charge in [0, 0.05) is 24.2 Å². The highest BCUT2D eigenvalue weighted by molar-refractivity contribution is 6.02. The molecule has 0 bridgehead atoms. The molecular formula is C18H13F4N3O. The normalized spacial score (nSPS) is 11.0. The van der Waals surface area contributed by atoms with Gasteiger partial charge in [0.15, 0.2) is 11.6 Å². The topological polar surface area (TPSA) is 60.9 Å². The molecule has 2 aromatic carbocycles. The molecule has 0 atom stereocenters. The van der Waals surface area contributed by atoms with Gasteiger partial charge in [-0.25, -0.2) is 17.6 Å². The summed E-state index contributed by atoms with van der Waals surface area (Å²) in [5, 5.41) is 3.93. The van der Waals surface area contributed by atoms with Crippen LogP contribution >= 0.6 is 0 Å². The number of rotatable bonds is 4. The summed E-state index contributed by atoms with van der Waals surface area (Å²) in [5.74, 6) is -4.42. The molecule has 4 nitrogen and oxygen atoms in total. The zero-order valence-corrected chi connectivity index (χ0v) is 13.6. The van der Waals surface area contributed by atoms with Crippen molar-refractivity contribution in [2.45, 2.75) is 6.67 Å². The maximum atomic E-state index is 14.3. The quantitative estimate of drug-likeness (QED) is 0.567. The van der Waals surface area contributed by atoms with Crippen LogP contribution in [-0.2, 0) is 13.7 Å². The molecule has 0 spiro atoms. The predicted molar refractivity (Wildman–Crippen MR) is 87.3 cm³/mol. The molecule has 134 valence electrons. The van der Waals surface area contributed by atoms with E-state index in [1.807, 2.05) is 0 Å². The van der Waals surface area contributed by atoms with Gasteiger partial charge in [0.2, 0.25) is 0 Å². The SMILES string of the molecule is Cn1nc(CF)c(C(N)=O)c1-c1ccccc1-c1cc(F)c(F)cc1F. The summed E-state index contributed by atoms with van der Waals surface area (Å²) in [6, 6.07) is 7.32. The van der Waals surface area contributed by atoms with Crippen molar-refractivity contribution in [2.75, 3.05) is 0 Å². The largest absolute Gasteiger partial charge is 0.365 e. The molecule has 3 rings (SSSR count). The number of halogens is 4. The molecule has 8 heteroatoms. The first-order chi connectivity index (χ1) is 12.3. The van der Waals surface area contributed by atoms with E-state index in [1.54, 1.807) is 12.1 Å². The van der Waals surface area contributed by atoms with E-state index in [0.29, 0.717) is 6.07 Å². The van der Waals surface area contributed by atoms with Crippen molar-refractivity contribution in [2.24, 2.45) is 12.8 Å². The number of nitrogens with two attached hydrogens (primary N) is 1. The number of nitrogens with zero attached hydrogens (tertiary/aromatic N) is 2. The Bertz CT molecular complexity index is 1010. The highest BCUT2D eigenvalue weighted by Crippen LogP contribution is 2.36. The molecule has 0 saturated carbocycles. The fourth-order valence-corrected chi connectivity index (χ4v) is 2.89. The number of carbonyl (C=O) groups is 1. The number of benzene rings is 2. The Balaban J connectivity index is 2.33. The number of carbonyl (C=O) groups excluding carboxylic acids is 1. The van der Waals surface area contributed by atoms with Crippen LogP contribution in [0.2, 0.25) is 0 Å². The van der Waals surface area contributed by atoms with E-state index in [1.165, 1.54) is 23.9 Å². The fraction of sp³-hybridized carbons (Fsp3) is 0.111. The zero-order valence-electron chi connectivity index (χ0n) is 13.6. The summed E-state index contributed by atoms with van der Waals surface area (Å²) >= 11 is 0. The van der Waals surface area contributed by atoms with Crippen molar-refractivity contribution >= 4 is 5.91 Å². The Morgan fingerprint density at radius 3 is 2.27 bits per heavy atom. The minimum absolute atomic E-state index is 0.148. The molecule has 0 aliphatic rings. The van der Waals surface area contributed by atoms with E-state index in [2.05, 4.69) is 5.10 Å². The van der Waals surface area contributed by atoms with Crippen LogP contribution in [0.3, 0.4) is 0 Å². The fourth-order valence-electron chi connectivity index (χ4n) is 2.89. The van der Waals surface area contributed by atoms with Crippen LogP contribution in [0.15, 0.2) is 36.4 Å². The maximum Gasteiger partial charge on any atom is 0.252 e. The number of amides is 1. The van der Waals surface area contributed by atoms with E-state index < -0.39 is 30.0 Å². The minimum Gasteiger partial charge on any atom is -0.365 e. The van der Waals surface area contributed by atoms with Gasteiger partial charge in [0.25, 0.3) is 5.91 Å². The van der Waals surface area contributed by atoms with Crippen molar-refractivity contribution in [3.05, 3.63) is 65.1 Å². The van der Waals surface area contributed by atoms with Crippen LogP contribution in [0.1, 0.15) is 16.1 Å². The molecule has 2 N–H and O–H groups in total. The van der Waals surface area contributed by atoms with Crippen molar-refractivity contribution in [3.8, 4) is 22.4 Å². The third kappa shape index (κ3) is 2.83. The summed E-state index contributed by atoms with van der Waals surface area (Å²) in [5.41, 5.74) is 5.46. The van der Waals surface area contributed by atoms with E-state index >= 15 is 0 Å². The van der Waals surface area contributed by atoms with Crippen molar-refractivity contribution in [1.29, 1.82) is 0 Å². The summed E-state index contributed by atoms with van der Waals surface area (Å²) in [4.78, 5) is 11.8. The Kier molecular flexibility index (Phi) is 4.50. The summed E-state index contributed by atoms with van der Waals surface area (Å²) < 4.78 is 55.6. The maximum absolute atomic E-state index is 14.3. The molecule has 3 aromatic rings. The lowest BCUT2D eigenvalue weighted by atomic mass is 9.94. The molecule has 1 heterocycles. The zero-order chi connectivity index (χ0) is 19.0. The minimum atomic E-state index is -1.32. The Labute approximate surface area is 145 Å². The van der Waals surface area contributed by atoms with Gasteiger partial charge in [-0.2, -0.15) is 5.10 Å². The molecular weight excluding hydrogens is 350 g/mol. The van der Waals surface area contributed by atoms with Crippen molar-refractivity contribution < 1.29 is 22.4 Å². The molecule has 0 saturated heterocycles. The first kappa shape index (κ1) is 17.7. The molecule has 0 aliphatic heterocycles. The van der Waals surface area contributed by atoms with Crippen molar-refractivity contribution in [3.63, 3.8) is 0 Å². The molecule has 0 unspecified atom stereocenters. The number of alkyl halides is 1. The van der Waals surface area contributed by atoms with E-state index in [9.17, 15) is 22.4 Å². The summed E-state index contributed by atoms with van der Waals surface area (Å²) in [6.45, 7) is -1.02. The molecule has 0 fully saturated rings. The monoisotopic (exact) mass is 363 g/mol. The van der Waals surface area contributed by atoms with Crippen molar-refractivity contribution in [1.82, 2.24) is 9.78 Å². The Morgan fingerprint density at radius 1 is 1.04 bits per heavy atom. The van der Waals surface area contributed by atoms with Gasteiger partial charge in [0.05, 0.1) is 11.3 Å². The second-order valence-corrected chi connectivity index (χ2v) is 5.58. The van der Waals surface area contributed by atoms with Gasteiger partial charge in [-0.1, -0.05) is 24.3 Å². The van der Waals surface area contributed by atoms with Crippen LogP contribution in [0, 0.1) is 17.5 Å². The third-order valence-corrected chi connectivity index (χ3v) is 3.97. The standard InChI is InChI=1S/C18H13F4N3O/c1-25-17(16(18(23)26)15(8-19)24-25)10-5-3-2-4-9(10)11-6-13(21)14(22)7-12(11)20/h2-7H,8H2,1H3,(H2,23,26). The lowest BCUT2D eigenvalue weighted by Crippen LogP contribution is -2.14. The number of aromatic nitrogens is 2. The number of hydrogen-bond acceptors (Lipinski definition) is 2. The van der Waals surface area contributed by atoms with Gasteiger partial charge in [-0.3, -0.25) is 9.48 Å². The van der Waals surface area contributed by atoms with Gasteiger partial charge < -0.3 is 5.73 Å². The lowest BCUT2D eigenvalue weighted by molar-refractivity contribution is 0.0999. The van der Waals surface area contributed by atoms with E-state index in [4.69, 9.17) is 5.73 Å². The van der Waals surface area contributed by atoms with E-state index in [0.717, 1.165) is 6.07 Å². The first-order valence-electron chi connectivity index (χ1n) is 7.51. The molecule has 1 aromatic heterocycles. The van der Waals surface area contributed by atoms with Gasteiger partial charge >= 0.3 is 0 Å². The Morgan fingerprint density at radius 2 is 1.65 bits per heavy atom. The van der Waals surface area contributed by atoms with E-state index in [-0.39, 0.29) is 33.6 Å². The third-order valence-electron chi connectivity index (χ3n) is 3.97. The molecule has 26 heavy (non-hydrogen) atoms. The average molecular weight is 363 g/mol. The second kappa shape index (κ2) is 6.62. The van der Waals surface area contributed by atoms with Gasteiger partial charge in [0.1, 0.15) is 18.2 Å². The second-order valence-electron chi connectivity index (χ2n) is 5.58. The predicted octanol–water partition coefficient (Wildman–Crippen LogP) is 3.74. The average Bonchev–Trinajstić information content (AvgIpc) is 2.94. The van der Waals surface area contributed by atoms with Gasteiger partial charge in [-0.05, 0) is 11.6 Å². The number of primary amides is 1. The van der Waals surface area contributed by atoms with Crippen LogP contribution < -0.4 is 5.73 Å². The number of hydrogen-bond donors (Lipinski definition) is 1. The number of aryl methyl sites for hydroxylation is 1. The summed E-state index contributed by atoms with van der Waals surface area (Å²) in [7, 11) is 1.47. The van der Waals surface area contributed by atoms with Gasteiger partial charge in [-0.15, -0.1) is 0 Å². The molecule has 0 aliphatic carbocycles. The van der Waals surface area contributed by atoms with Crippen LogP contribution in [0.5, 0.6) is 0 Å². The van der Waals surface area contributed by atoms with Crippen LogP contribution in [0.4, 0.5) is 17.6 Å². The molecule has 1 amide bonds. The smallest absolute Gasteiger partial charge is 0.252 e. The highest BCUT2D eigenvalue weighted by Gasteiger charge is 2.25. The Hall–Kier alpha value is -3.16. The summed E-state index contributed by atoms with van der Waals surface area (Å²) in [6.07, 6.45) is 0. The lowest BCUT2D eigenvalue weighted by Gasteiger charge is -2.12. The van der Waals surface area contributed by atoms with Crippen LogP contribution in [0.25, 0.3) is 22.4 Å². The highest BCUT2D eigenvalue weighted by atomic mass is 19.2. The van der Waals surface area contributed by atoms with Crippen LogP contribution in [-0.4, -0.2) is 15.7 Å². The molecule has 0 radical (unpaired) electrons.